The third-order valence-corrected chi connectivity index (χ3v) is 4.13. The molecule has 8 nitrogen and oxygen atoms in total. The summed E-state index contributed by atoms with van der Waals surface area (Å²) in [6, 6.07) is 13.2. The van der Waals surface area contributed by atoms with Crippen LogP contribution in [0.2, 0.25) is 0 Å². The van der Waals surface area contributed by atoms with Crippen LogP contribution in [0.4, 0.5) is 4.39 Å². The van der Waals surface area contributed by atoms with E-state index in [4.69, 9.17) is 0 Å². The number of aromatic nitrogens is 5. The molecule has 0 spiro atoms. The third-order valence-electron chi connectivity index (χ3n) is 4.13. The van der Waals surface area contributed by atoms with Crippen LogP contribution in [0.15, 0.2) is 78.0 Å². The third kappa shape index (κ3) is 3.93. The fourth-order valence-electron chi connectivity index (χ4n) is 2.73. The number of carbonyl (C=O) groups excluding carboxylic acids is 1. The molecule has 144 valence electrons. The summed E-state index contributed by atoms with van der Waals surface area (Å²) in [6.07, 6.45) is 5.04. The van der Waals surface area contributed by atoms with Crippen molar-refractivity contribution in [3.8, 4) is 11.5 Å². The number of rotatable bonds is 5. The number of benzene rings is 1. The number of hydrogen-bond acceptors (Lipinski definition) is 5. The maximum atomic E-state index is 13.1. The van der Waals surface area contributed by atoms with Crippen molar-refractivity contribution < 1.29 is 9.18 Å². The standard InChI is InChI=1S/C20H15FN6O2/c21-15-4-6-16(7-5-15)27-18(28)9-8-17(25-27)20(29)23-13-14-3-1-10-22-19(14)26-12-2-11-24-26/h1-12H,13H2,(H,23,29). The first kappa shape index (κ1) is 18.2. The highest BCUT2D eigenvalue weighted by Gasteiger charge is 2.12. The minimum atomic E-state index is -0.462. The van der Waals surface area contributed by atoms with Crippen LogP contribution in [-0.2, 0) is 6.54 Å². The highest BCUT2D eigenvalue weighted by atomic mass is 19.1. The van der Waals surface area contributed by atoms with E-state index in [1.807, 2.05) is 6.07 Å². The molecule has 3 aromatic heterocycles. The van der Waals surface area contributed by atoms with Gasteiger partial charge >= 0.3 is 0 Å². The topological polar surface area (TPSA) is 94.7 Å². The zero-order valence-corrected chi connectivity index (χ0v) is 15.1. The van der Waals surface area contributed by atoms with Gasteiger partial charge in [0, 0.05) is 36.8 Å². The number of halogens is 1. The molecule has 4 rings (SSSR count). The summed E-state index contributed by atoms with van der Waals surface area (Å²) in [7, 11) is 0. The first-order valence-electron chi connectivity index (χ1n) is 8.70. The van der Waals surface area contributed by atoms with Gasteiger partial charge in [0.25, 0.3) is 11.5 Å². The molecule has 29 heavy (non-hydrogen) atoms. The highest BCUT2D eigenvalue weighted by Crippen LogP contribution is 2.10. The van der Waals surface area contributed by atoms with Crippen molar-refractivity contribution in [2.24, 2.45) is 0 Å². The molecule has 0 saturated heterocycles. The summed E-state index contributed by atoms with van der Waals surface area (Å²) >= 11 is 0. The summed E-state index contributed by atoms with van der Waals surface area (Å²) < 4.78 is 15.8. The SMILES string of the molecule is O=C(NCc1cccnc1-n1cccn1)c1ccc(=O)n(-c2ccc(F)cc2)n1. The minimum Gasteiger partial charge on any atom is -0.346 e. The van der Waals surface area contributed by atoms with E-state index in [1.54, 1.807) is 35.4 Å². The van der Waals surface area contributed by atoms with Gasteiger partial charge in [-0.25, -0.2) is 14.1 Å². The fourth-order valence-corrected chi connectivity index (χ4v) is 2.73. The number of pyridine rings is 1. The van der Waals surface area contributed by atoms with Crippen molar-refractivity contribution in [3.05, 3.63) is 101 Å². The lowest BCUT2D eigenvalue weighted by molar-refractivity contribution is 0.0944. The smallest absolute Gasteiger partial charge is 0.272 e. The molecule has 0 fully saturated rings. The largest absolute Gasteiger partial charge is 0.346 e. The van der Waals surface area contributed by atoms with Crippen LogP contribution in [0.1, 0.15) is 16.1 Å². The van der Waals surface area contributed by atoms with Gasteiger partial charge < -0.3 is 5.32 Å². The van der Waals surface area contributed by atoms with Crippen LogP contribution in [-0.4, -0.2) is 30.5 Å². The van der Waals surface area contributed by atoms with Gasteiger partial charge in [0.15, 0.2) is 5.82 Å². The van der Waals surface area contributed by atoms with Gasteiger partial charge in [-0.1, -0.05) is 6.07 Å². The molecule has 1 N–H and O–H groups in total. The number of hydrogen-bond donors (Lipinski definition) is 1. The van der Waals surface area contributed by atoms with Gasteiger partial charge in [0.05, 0.1) is 5.69 Å². The lowest BCUT2D eigenvalue weighted by atomic mass is 10.2. The van der Waals surface area contributed by atoms with Crippen molar-refractivity contribution in [1.29, 1.82) is 0 Å². The van der Waals surface area contributed by atoms with E-state index in [-0.39, 0.29) is 12.2 Å². The monoisotopic (exact) mass is 390 g/mol. The molecule has 4 aromatic rings. The minimum absolute atomic E-state index is 0.0541. The van der Waals surface area contributed by atoms with Crippen LogP contribution in [0.5, 0.6) is 0 Å². The first-order valence-corrected chi connectivity index (χ1v) is 8.70. The second-order valence-electron chi connectivity index (χ2n) is 6.06. The molecule has 0 saturated carbocycles. The zero-order valence-electron chi connectivity index (χ0n) is 15.1. The predicted octanol–water partition coefficient (Wildman–Crippen LogP) is 1.88. The summed E-state index contributed by atoms with van der Waals surface area (Å²) in [6.45, 7) is 0.194. The summed E-state index contributed by atoms with van der Waals surface area (Å²) in [5.74, 6) is -0.293. The van der Waals surface area contributed by atoms with Crippen LogP contribution < -0.4 is 10.9 Å². The maximum Gasteiger partial charge on any atom is 0.272 e. The van der Waals surface area contributed by atoms with Crippen LogP contribution in [0.25, 0.3) is 11.5 Å². The van der Waals surface area contributed by atoms with E-state index in [0.717, 1.165) is 10.2 Å². The molecule has 0 aliphatic carbocycles. The van der Waals surface area contributed by atoms with E-state index in [0.29, 0.717) is 11.5 Å². The lowest BCUT2D eigenvalue weighted by Crippen LogP contribution is -2.29. The average molecular weight is 390 g/mol. The lowest BCUT2D eigenvalue weighted by Gasteiger charge is -2.10. The molecule has 9 heteroatoms. The zero-order chi connectivity index (χ0) is 20.2. The van der Waals surface area contributed by atoms with Crippen LogP contribution in [0.3, 0.4) is 0 Å². The van der Waals surface area contributed by atoms with Crippen molar-refractivity contribution in [1.82, 2.24) is 29.9 Å². The van der Waals surface area contributed by atoms with Crippen molar-refractivity contribution in [2.75, 3.05) is 0 Å². The molecule has 0 atom stereocenters. The highest BCUT2D eigenvalue weighted by molar-refractivity contribution is 5.92. The van der Waals surface area contributed by atoms with E-state index in [2.05, 4.69) is 20.5 Å². The second kappa shape index (κ2) is 7.85. The Morgan fingerprint density at radius 3 is 2.62 bits per heavy atom. The molecule has 0 radical (unpaired) electrons. The van der Waals surface area contributed by atoms with Crippen molar-refractivity contribution in [3.63, 3.8) is 0 Å². The number of nitrogens with one attached hydrogen (secondary N) is 1. The number of nitrogens with zero attached hydrogens (tertiary/aromatic N) is 5. The molecular formula is C20H15FN6O2. The van der Waals surface area contributed by atoms with Gasteiger partial charge in [0.2, 0.25) is 0 Å². The van der Waals surface area contributed by atoms with Crippen molar-refractivity contribution >= 4 is 5.91 Å². The molecule has 1 amide bonds. The Hall–Kier alpha value is -4.14. The Morgan fingerprint density at radius 1 is 1.03 bits per heavy atom. The molecule has 3 heterocycles. The molecule has 0 aliphatic rings. The van der Waals surface area contributed by atoms with E-state index in [9.17, 15) is 14.0 Å². The summed E-state index contributed by atoms with van der Waals surface area (Å²) in [4.78, 5) is 29.0. The summed E-state index contributed by atoms with van der Waals surface area (Å²) in [5, 5.41) is 11.0. The molecule has 0 unspecified atom stereocenters. The number of amides is 1. The van der Waals surface area contributed by atoms with Crippen LogP contribution in [0, 0.1) is 5.82 Å². The fraction of sp³-hybridized carbons (Fsp3) is 0.0500. The van der Waals surface area contributed by atoms with E-state index < -0.39 is 17.3 Å². The Kier molecular flexibility index (Phi) is 4.93. The molecule has 0 aliphatic heterocycles. The van der Waals surface area contributed by atoms with Gasteiger partial charge in [-0.2, -0.15) is 14.9 Å². The van der Waals surface area contributed by atoms with Gasteiger partial charge in [0.1, 0.15) is 11.5 Å². The maximum absolute atomic E-state index is 13.1. The average Bonchev–Trinajstić information content (AvgIpc) is 3.28. The Balaban J connectivity index is 1.55. The Labute approximate surface area is 164 Å². The summed E-state index contributed by atoms with van der Waals surface area (Å²) in [5.41, 5.74) is 0.746. The van der Waals surface area contributed by atoms with Crippen molar-refractivity contribution in [2.45, 2.75) is 6.54 Å². The molecule has 1 aromatic carbocycles. The van der Waals surface area contributed by atoms with E-state index >= 15 is 0 Å². The van der Waals surface area contributed by atoms with Gasteiger partial charge in [-0.15, -0.1) is 0 Å². The quantitative estimate of drug-likeness (QED) is 0.562. The molecular weight excluding hydrogens is 375 g/mol. The van der Waals surface area contributed by atoms with Crippen LogP contribution >= 0.6 is 0 Å². The Bertz CT molecular complexity index is 1200. The van der Waals surface area contributed by atoms with E-state index in [1.165, 1.54) is 36.4 Å². The molecule has 0 bridgehead atoms. The number of carbonyl (C=O) groups is 1. The van der Waals surface area contributed by atoms with Gasteiger partial charge in [-0.3, -0.25) is 9.59 Å². The normalized spacial score (nSPS) is 10.7. The first-order chi connectivity index (χ1) is 14.1. The second-order valence-corrected chi connectivity index (χ2v) is 6.06. The Morgan fingerprint density at radius 2 is 1.86 bits per heavy atom. The predicted molar refractivity (Wildman–Crippen MR) is 102 cm³/mol. The van der Waals surface area contributed by atoms with Gasteiger partial charge in [-0.05, 0) is 42.5 Å².